The molecule has 0 atom stereocenters. The molecule has 0 saturated heterocycles. The highest BCUT2D eigenvalue weighted by atomic mass is 14.9. The van der Waals surface area contributed by atoms with Gasteiger partial charge in [-0.25, -0.2) is 14.8 Å². The number of benzene rings is 2. The normalized spacial score (nSPS) is 10.5. The van der Waals surface area contributed by atoms with Gasteiger partial charge in [0.15, 0.2) is 11.2 Å². The van der Waals surface area contributed by atoms with Gasteiger partial charge in [0.1, 0.15) is 12.1 Å². The smallest absolute Gasteiger partial charge is 0.274 e. The lowest BCUT2D eigenvalue weighted by Crippen LogP contribution is -1.96. The van der Waals surface area contributed by atoms with Crippen LogP contribution in [0.15, 0.2) is 42.5 Å². The van der Waals surface area contributed by atoms with E-state index in [1.807, 2.05) is 42.5 Å². The second-order valence-electron chi connectivity index (χ2n) is 6.53. The van der Waals surface area contributed by atoms with Crippen molar-refractivity contribution >= 4 is 55.1 Å². The molecule has 30 heavy (non-hydrogen) atoms. The third-order valence-corrected chi connectivity index (χ3v) is 4.95. The summed E-state index contributed by atoms with van der Waals surface area (Å²) in [5.74, 6) is 0.000426. The minimum atomic E-state index is -0.00921. The fraction of sp³-hybridized carbons (Fsp3) is 0. The van der Waals surface area contributed by atoms with Crippen molar-refractivity contribution in [2.75, 3.05) is 0 Å². The van der Waals surface area contributed by atoms with E-state index in [4.69, 9.17) is 18.1 Å². The fourth-order valence-electron chi connectivity index (χ4n) is 3.61. The first kappa shape index (κ1) is 17.0. The number of nitriles is 2. The third kappa shape index (κ3) is 2.25. The van der Waals surface area contributed by atoms with Crippen molar-refractivity contribution in [3.05, 3.63) is 76.6 Å². The Kier molecular flexibility index (Phi) is 3.52. The standard InChI is InChI=1S/C23H7N7/c1-26-18-9-16-21-15(8-13(10-24)19(11-25)29-21)20-14(22(16)30-23(18)27-2)7-12-5-3-4-6-17(12)28-20/h3-9H. The van der Waals surface area contributed by atoms with Crippen LogP contribution >= 0.6 is 0 Å². The second kappa shape index (κ2) is 6.21. The Morgan fingerprint density at radius 2 is 1.47 bits per heavy atom. The minimum absolute atomic E-state index is 0.000426. The Balaban J connectivity index is 2.15. The van der Waals surface area contributed by atoms with Crippen LogP contribution in [0, 0.1) is 35.8 Å². The molecule has 0 aliphatic carbocycles. The zero-order chi connectivity index (χ0) is 20.8. The Bertz CT molecular complexity index is 1610. The molecule has 0 bridgehead atoms. The predicted molar refractivity (Wildman–Crippen MR) is 112 cm³/mol. The van der Waals surface area contributed by atoms with E-state index < -0.39 is 0 Å². The third-order valence-electron chi connectivity index (χ3n) is 4.95. The highest BCUT2D eigenvalue weighted by Gasteiger charge is 2.20. The summed E-state index contributed by atoms with van der Waals surface area (Å²) in [5, 5.41) is 21.6. The van der Waals surface area contributed by atoms with E-state index >= 15 is 0 Å². The van der Waals surface area contributed by atoms with Crippen LogP contribution in [-0.2, 0) is 0 Å². The van der Waals surface area contributed by atoms with Crippen LogP contribution in [0.1, 0.15) is 11.3 Å². The lowest BCUT2D eigenvalue weighted by Gasteiger charge is -2.10. The average molecular weight is 381 g/mol. The molecule has 0 spiro atoms. The van der Waals surface area contributed by atoms with Crippen LogP contribution < -0.4 is 0 Å². The van der Waals surface area contributed by atoms with Gasteiger partial charge in [-0.3, -0.25) is 0 Å². The van der Waals surface area contributed by atoms with Gasteiger partial charge in [-0.05, 0) is 18.2 Å². The first-order valence-corrected chi connectivity index (χ1v) is 8.74. The molecule has 7 nitrogen and oxygen atoms in total. The topological polar surface area (TPSA) is 95.0 Å². The van der Waals surface area contributed by atoms with Gasteiger partial charge in [0.25, 0.3) is 5.82 Å². The summed E-state index contributed by atoms with van der Waals surface area (Å²) in [6.07, 6.45) is 0. The Labute approximate surface area is 169 Å². The quantitative estimate of drug-likeness (QED) is 0.205. The van der Waals surface area contributed by atoms with Crippen LogP contribution in [0.4, 0.5) is 11.5 Å². The van der Waals surface area contributed by atoms with Crippen LogP contribution in [0.5, 0.6) is 0 Å². The van der Waals surface area contributed by atoms with Crippen molar-refractivity contribution in [2.45, 2.75) is 0 Å². The summed E-state index contributed by atoms with van der Waals surface area (Å²) < 4.78 is 0. The Hall–Kier alpha value is -5.11. The zero-order valence-corrected chi connectivity index (χ0v) is 15.2. The second-order valence-corrected chi connectivity index (χ2v) is 6.53. The van der Waals surface area contributed by atoms with Gasteiger partial charge >= 0.3 is 0 Å². The predicted octanol–water partition coefficient (Wildman–Crippen LogP) is 5.33. The molecular weight excluding hydrogens is 374 g/mol. The van der Waals surface area contributed by atoms with Gasteiger partial charge in [0, 0.05) is 16.2 Å². The molecule has 0 unspecified atom stereocenters. The van der Waals surface area contributed by atoms with Crippen LogP contribution in [-0.4, -0.2) is 15.0 Å². The maximum atomic E-state index is 9.47. The van der Waals surface area contributed by atoms with Gasteiger partial charge < -0.3 is 4.85 Å². The number of para-hydroxylation sites is 1. The molecule has 0 radical (unpaired) electrons. The van der Waals surface area contributed by atoms with E-state index in [9.17, 15) is 10.5 Å². The summed E-state index contributed by atoms with van der Waals surface area (Å²) >= 11 is 0. The molecule has 2 aromatic carbocycles. The number of hydrogen-bond acceptors (Lipinski definition) is 5. The van der Waals surface area contributed by atoms with Crippen LogP contribution in [0.3, 0.4) is 0 Å². The van der Waals surface area contributed by atoms with E-state index in [1.165, 1.54) is 0 Å². The largest absolute Gasteiger partial charge is 0.371 e. The van der Waals surface area contributed by atoms with E-state index in [0.717, 1.165) is 10.9 Å². The summed E-state index contributed by atoms with van der Waals surface area (Å²) in [5.41, 5.74) is 2.48. The van der Waals surface area contributed by atoms with E-state index in [1.54, 1.807) is 12.1 Å². The van der Waals surface area contributed by atoms with Crippen molar-refractivity contribution in [1.29, 1.82) is 10.5 Å². The monoisotopic (exact) mass is 381 g/mol. The van der Waals surface area contributed by atoms with Gasteiger partial charge in [-0.2, -0.15) is 10.5 Å². The van der Waals surface area contributed by atoms with Gasteiger partial charge in [-0.15, -0.1) is 4.98 Å². The number of hydrogen-bond donors (Lipinski definition) is 0. The molecule has 7 heteroatoms. The number of pyridine rings is 3. The maximum Gasteiger partial charge on any atom is 0.274 e. The summed E-state index contributed by atoms with van der Waals surface area (Å²) in [4.78, 5) is 20.4. The molecule has 0 N–H and O–H groups in total. The van der Waals surface area contributed by atoms with Crippen molar-refractivity contribution in [3.8, 4) is 12.1 Å². The van der Waals surface area contributed by atoms with Gasteiger partial charge in [0.05, 0.1) is 34.1 Å². The molecule has 0 aliphatic rings. The molecule has 5 aromatic rings. The maximum absolute atomic E-state index is 9.47. The number of aromatic nitrogens is 3. The summed E-state index contributed by atoms with van der Waals surface area (Å²) in [6, 6.07) is 16.7. The number of rotatable bonds is 0. The summed E-state index contributed by atoms with van der Waals surface area (Å²) in [6.45, 7) is 14.8. The SMILES string of the molecule is [C-]#[N+]c1cc2c3nc(C#N)c(C#N)cc3c3nc4ccccc4cc3c2nc1[N+]#[C-]. The molecule has 0 fully saturated rings. The molecule has 0 saturated carbocycles. The van der Waals surface area contributed by atoms with E-state index in [2.05, 4.69) is 19.7 Å². The molecule has 0 amide bonds. The molecular formula is C23H7N7. The molecule has 134 valence electrons. The number of nitrogens with zero attached hydrogens (tertiary/aromatic N) is 7. The lowest BCUT2D eigenvalue weighted by molar-refractivity contribution is 1.30. The van der Waals surface area contributed by atoms with Crippen molar-refractivity contribution in [2.24, 2.45) is 0 Å². The van der Waals surface area contributed by atoms with Crippen LogP contribution in [0.25, 0.3) is 53.3 Å². The van der Waals surface area contributed by atoms with E-state index in [0.29, 0.717) is 32.7 Å². The first-order chi connectivity index (χ1) is 14.7. The van der Waals surface area contributed by atoms with Gasteiger partial charge in [0.2, 0.25) is 5.69 Å². The molecule has 3 heterocycles. The minimum Gasteiger partial charge on any atom is -0.371 e. The fourth-order valence-corrected chi connectivity index (χ4v) is 3.61. The molecule has 3 aromatic heterocycles. The van der Waals surface area contributed by atoms with Crippen molar-refractivity contribution in [1.82, 2.24) is 15.0 Å². The van der Waals surface area contributed by atoms with Crippen LogP contribution in [0.2, 0.25) is 0 Å². The van der Waals surface area contributed by atoms with Crippen molar-refractivity contribution < 1.29 is 0 Å². The van der Waals surface area contributed by atoms with Crippen molar-refractivity contribution in [3.63, 3.8) is 0 Å². The summed E-state index contributed by atoms with van der Waals surface area (Å²) in [7, 11) is 0. The Morgan fingerprint density at radius 3 is 2.20 bits per heavy atom. The molecule has 0 aliphatic heterocycles. The van der Waals surface area contributed by atoms with Gasteiger partial charge in [-0.1, -0.05) is 30.8 Å². The first-order valence-electron chi connectivity index (χ1n) is 8.74. The highest BCUT2D eigenvalue weighted by Crippen LogP contribution is 2.39. The number of fused-ring (bicyclic) bond motifs is 7. The average Bonchev–Trinajstić information content (AvgIpc) is 2.81. The Morgan fingerprint density at radius 1 is 0.767 bits per heavy atom. The highest BCUT2D eigenvalue weighted by molar-refractivity contribution is 6.24. The lowest BCUT2D eigenvalue weighted by atomic mass is 10.00. The molecule has 5 rings (SSSR count). The van der Waals surface area contributed by atoms with E-state index in [-0.39, 0.29) is 22.8 Å². The zero-order valence-electron chi connectivity index (χ0n) is 15.2.